The molecule has 0 fully saturated rings. The van der Waals surface area contributed by atoms with Gasteiger partial charge in [0.15, 0.2) is 12.4 Å². The second kappa shape index (κ2) is 11.3. The Morgan fingerprint density at radius 1 is 1.20 bits per heavy atom. The first-order chi connectivity index (χ1) is 14.5. The molecule has 162 valence electrons. The molecule has 1 aliphatic carbocycles. The number of anilines is 1. The molecule has 1 amide bonds. The summed E-state index contributed by atoms with van der Waals surface area (Å²) in [7, 11) is 0. The molecule has 1 N–H and O–H groups in total. The highest BCUT2D eigenvalue weighted by Gasteiger charge is 2.27. The van der Waals surface area contributed by atoms with E-state index in [1.807, 2.05) is 13.8 Å². The van der Waals surface area contributed by atoms with Crippen molar-refractivity contribution in [2.45, 2.75) is 46.5 Å². The molecule has 0 aliphatic heterocycles. The monoisotopic (exact) mass is 434 g/mol. The van der Waals surface area contributed by atoms with Gasteiger partial charge in [0.05, 0.1) is 17.1 Å². The van der Waals surface area contributed by atoms with Crippen molar-refractivity contribution in [2.24, 2.45) is 0 Å². The summed E-state index contributed by atoms with van der Waals surface area (Å²) in [6.45, 7) is 5.57. The van der Waals surface area contributed by atoms with Crippen molar-refractivity contribution in [3.63, 3.8) is 0 Å². The molecule has 1 heterocycles. The van der Waals surface area contributed by atoms with Crippen LogP contribution in [0.5, 0.6) is 5.75 Å². The summed E-state index contributed by atoms with van der Waals surface area (Å²) in [6, 6.07) is 5.85. The Hall–Kier alpha value is -2.94. The molecule has 8 nitrogen and oxygen atoms in total. The van der Waals surface area contributed by atoms with Crippen LogP contribution < -0.4 is 10.1 Å². The van der Waals surface area contributed by atoms with E-state index >= 15 is 0 Å². The Morgan fingerprint density at radius 3 is 2.60 bits per heavy atom. The fraction of sp³-hybridized carbons (Fsp3) is 0.429. The molecule has 0 unspecified atom stereocenters. The highest BCUT2D eigenvalue weighted by molar-refractivity contribution is 7.17. The first-order valence-corrected chi connectivity index (χ1v) is 10.8. The van der Waals surface area contributed by atoms with E-state index in [1.165, 1.54) is 29.5 Å². The number of fused-ring (bicyclic) bond motifs is 1. The number of hydrogen-bond donors (Lipinski definition) is 1. The number of ether oxygens (including phenoxy) is 2. The van der Waals surface area contributed by atoms with Crippen molar-refractivity contribution in [3.05, 3.63) is 50.4 Å². The van der Waals surface area contributed by atoms with Crippen molar-refractivity contribution >= 4 is 33.9 Å². The van der Waals surface area contributed by atoms with Gasteiger partial charge >= 0.3 is 11.7 Å². The fourth-order valence-electron chi connectivity index (χ4n) is 3.11. The molecule has 30 heavy (non-hydrogen) atoms. The maximum absolute atomic E-state index is 12.4. The summed E-state index contributed by atoms with van der Waals surface area (Å²) in [5.74, 6) is -0.933. The van der Waals surface area contributed by atoms with Gasteiger partial charge in [-0.3, -0.25) is 14.9 Å². The Bertz CT molecular complexity index is 909. The molecule has 9 heteroatoms. The molecule has 1 aromatic carbocycles. The molecule has 1 aliphatic rings. The average molecular weight is 435 g/mol. The summed E-state index contributed by atoms with van der Waals surface area (Å²) >= 11 is 1.38. The number of esters is 1. The lowest BCUT2D eigenvalue weighted by Gasteiger charge is -2.12. The number of para-hydroxylation sites is 2. The van der Waals surface area contributed by atoms with Crippen LogP contribution in [0.1, 0.15) is 54.4 Å². The zero-order valence-corrected chi connectivity index (χ0v) is 18.2. The summed E-state index contributed by atoms with van der Waals surface area (Å²) in [6.07, 6.45) is 3.69. The number of nitro groups is 1. The van der Waals surface area contributed by atoms with Gasteiger partial charge in [0.25, 0.3) is 5.91 Å². The topological polar surface area (TPSA) is 108 Å². The Morgan fingerprint density at radius 2 is 1.90 bits per heavy atom. The van der Waals surface area contributed by atoms with Crippen LogP contribution in [-0.4, -0.2) is 30.0 Å². The minimum Gasteiger partial charge on any atom is -0.477 e. The molecule has 2 aromatic rings. The molecule has 0 bridgehead atoms. The number of benzene rings is 1. The molecule has 0 atom stereocenters. The third kappa shape index (κ3) is 5.56. The fourth-order valence-corrected chi connectivity index (χ4v) is 4.40. The summed E-state index contributed by atoms with van der Waals surface area (Å²) in [5.41, 5.74) is 1.15. The van der Waals surface area contributed by atoms with Gasteiger partial charge in [0, 0.05) is 10.9 Å². The molecule has 0 spiro atoms. The van der Waals surface area contributed by atoms with Gasteiger partial charge in [-0.25, -0.2) is 4.79 Å². The van der Waals surface area contributed by atoms with Gasteiger partial charge in [0.1, 0.15) is 5.00 Å². The van der Waals surface area contributed by atoms with E-state index in [4.69, 9.17) is 9.47 Å². The Balaban J connectivity index is 0.00000155. The van der Waals surface area contributed by atoms with Crippen molar-refractivity contribution in [1.29, 1.82) is 0 Å². The molecule has 0 radical (unpaired) electrons. The van der Waals surface area contributed by atoms with Crippen molar-refractivity contribution in [2.75, 3.05) is 18.5 Å². The zero-order valence-electron chi connectivity index (χ0n) is 17.4. The summed E-state index contributed by atoms with van der Waals surface area (Å²) < 4.78 is 10.5. The summed E-state index contributed by atoms with van der Waals surface area (Å²) in [5, 5.41) is 14.2. The van der Waals surface area contributed by atoms with E-state index in [2.05, 4.69) is 5.32 Å². The van der Waals surface area contributed by atoms with E-state index in [1.54, 1.807) is 13.0 Å². The van der Waals surface area contributed by atoms with E-state index in [-0.39, 0.29) is 18.0 Å². The normalized spacial score (nSPS) is 12.1. The van der Waals surface area contributed by atoms with Gasteiger partial charge in [-0.15, -0.1) is 11.3 Å². The lowest BCUT2D eigenvalue weighted by atomic mass is 9.95. The highest BCUT2D eigenvalue weighted by Crippen LogP contribution is 2.38. The summed E-state index contributed by atoms with van der Waals surface area (Å²) in [4.78, 5) is 36.3. The number of amides is 1. The third-order valence-corrected chi connectivity index (χ3v) is 5.53. The number of thiophene rings is 1. The quantitative estimate of drug-likeness (QED) is 0.383. The van der Waals surface area contributed by atoms with Gasteiger partial charge in [-0.2, -0.15) is 0 Å². The van der Waals surface area contributed by atoms with E-state index in [9.17, 15) is 19.7 Å². The van der Waals surface area contributed by atoms with Crippen molar-refractivity contribution in [3.8, 4) is 5.75 Å². The van der Waals surface area contributed by atoms with Crippen LogP contribution in [0.25, 0.3) is 0 Å². The van der Waals surface area contributed by atoms with Crippen LogP contribution in [0.3, 0.4) is 0 Å². The number of nitro benzene ring substituents is 1. The zero-order chi connectivity index (χ0) is 22.1. The number of carbonyl (C=O) groups is 2. The van der Waals surface area contributed by atoms with Gasteiger partial charge in [-0.05, 0) is 44.2 Å². The molecule has 1 aromatic heterocycles. The van der Waals surface area contributed by atoms with Gasteiger partial charge < -0.3 is 14.8 Å². The minimum absolute atomic E-state index is 0.0127. The Labute approximate surface area is 179 Å². The maximum atomic E-state index is 12.4. The number of hydrogen-bond acceptors (Lipinski definition) is 7. The lowest BCUT2D eigenvalue weighted by molar-refractivity contribution is -0.385. The minimum atomic E-state index is -0.570. The predicted molar refractivity (Wildman–Crippen MR) is 115 cm³/mol. The number of nitrogens with zero attached hydrogens (tertiary/aromatic N) is 1. The molecule has 3 rings (SSSR count). The molecule has 0 saturated heterocycles. The van der Waals surface area contributed by atoms with Crippen LogP contribution in [0.4, 0.5) is 10.7 Å². The van der Waals surface area contributed by atoms with Crippen molar-refractivity contribution < 1.29 is 24.0 Å². The molecular formula is C21H26N2O6S. The van der Waals surface area contributed by atoms with Crippen molar-refractivity contribution in [1.82, 2.24) is 0 Å². The van der Waals surface area contributed by atoms with Crippen LogP contribution in [0, 0.1) is 10.1 Å². The van der Waals surface area contributed by atoms with Gasteiger partial charge in [-0.1, -0.05) is 26.0 Å². The smallest absolute Gasteiger partial charge is 0.341 e. The average Bonchev–Trinajstić information content (AvgIpc) is 3.11. The number of aryl methyl sites for hydroxylation is 1. The first-order valence-electron chi connectivity index (χ1n) is 9.99. The largest absolute Gasteiger partial charge is 0.477 e. The second-order valence-corrected chi connectivity index (χ2v) is 7.30. The maximum Gasteiger partial charge on any atom is 0.341 e. The third-order valence-electron chi connectivity index (χ3n) is 4.32. The van der Waals surface area contributed by atoms with Crippen LogP contribution in [0.15, 0.2) is 24.3 Å². The van der Waals surface area contributed by atoms with Gasteiger partial charge in [0.2, 0.25) is 0 Å². The Kier molecular flexibility index (Phi) is 8.79. The second-order valence-electron chi connectivity index (χ2n) is 6.20. The van der Waals surface area contributed by atoms with E-state index in [0.29, 0.717) is 10.6 Å². The number of carbonyl (C=O) groups excluding carboxylic acids is 2. The first kappa shape index (κ1) is 23.3. The van der Waals surface area contributed by atoms with Crippen LogP contribution >= 0.6 is 11.3 Å². The standard InChI is InChI=1S/C19H20N2O6S.C2H6/c1-2-26-19(23)17-12-7-3-6-10-15(12)28-18(17)20-16(22)11-27-14-9-5-4-8-13(14)21(24)25;1-2/h4-5,8-9H,2-3,6-7,10-11H2,1H3,(H,20,22);1-2H3. The number of rotatable bonds is 7. The highest BCUT2D eigenvalue weighted by atomic mass is 32.1. The van der Waals surface area contributed by atoms with Crippen LogP contribution in [-0.2, 0) is 22.4 Å². The molecular weight excluding hydrogens is 408 g/mol. The van der Waals surface area contributed by atoms with E-state index < -0.39 is 23.4 Å². The SMILES string of the molecule is CC.CCOC(=O)c1c(NC(=O)COc2ccccc2[N+](=O)[O-])sc2c1CCCC2. The molecule has 0 saturated carbocycles. The van der Waals surface area contributed by atoms with Crippen LogP contribution in [0.2, 0.25) is 0 Å². The van der Waals surface area contributed by atoms with E-state index in [0.717, 1.165) is 36.1 Å². The lowest BCUT2D eigenvalue weighted by Crippen LogP contribution is -2.21. The predicted octanol–water partition coefficient (Wildman–Crippen LogP) is 4.76. The number of nitrogens with one attached hydrogen (secondary N) is 1.